The molecule has 0 unspecified atom stereocenters. The fraction of sp³-hybridized carbons (Fsp3) is 0.0625. The summed E-state index contributed by atoms with van der Waals surface area (Å²) in [5, 5.41) is 19.1. The molecule has 5 heteroatoms. The van der Waals surface area contributed by atoms with E-state index in [2.05, 4.69) is 4.98 Å². The number of aromatic carboxylic acids is 1. The number of carboxylic acids is 1. The lowest BCUT2D eigenvalue weighted by Crippen LogP contribution is -1.97. The van der Waals surface area contributed by atoms with Crippen LogP contribution in [0.4, 0.5) is 0 Å². The Bertz CT molecular complexity index is 790. The third-order valence-corrected chi connectivity index (χ3v) is 3.25. The molecule has 0 bridgehead atoms. The van der Waals surface area contributed by atoms with Gasteiger partial charge in [0.15, 0.2) is 0 Å². The maximum atomic E-state index is 11.0. The van der Waals surface area contributed by atoms with Crippen molar-refractivity contribution in [2.24, 2.45) is 0 Å². The molecule has 0 radical (unpaired) electrons. The maximum Gasteiger partial charge on any atom is 0.335 e. The number of fused-ring (bicyclic) bond motifs is 1. The molecule has 0 fully saturated rings. The minimum Gasteiger partial charge on any atom is -0.508 e. The molecule has 106 valence electrons. The number of benzene rings is 2. The number of nitrogens with one attached hydrogen (secondary N) is 1. The van der Waals surface area contributed by atoms with E-state index in [4.69, 9.17) is 9.84 Å². The van der Waals surface area contributed by atoms with Gasteiger partial charge in [-0.2, -0.15) is 0 Å². The van der Waals surface area contributed by atoms with Crippen LogP contribution in [0.5, 0.6) is 11.5 Å². The molecular formula is C16H13NO4. The number of ether oxygens (including phenoxy) is 1. The molecule has 0 aliphatic carbocycles. The Hall–Kier alpha value is -2.95. The molecule has 0 aliphatic heterocycles. The van der Waals surface area contributed by atoms with Crippen molar-refractivity contribution in [3.63, 3.8) is 0 Å². The fourth-order valence-electron chi connectivity index (χ4n) is 2.13. The van der Waals surface area contributed by atoms with E-state index < -0.39 is 5.97 Å². The second kappa shape index (κ2) is 5.20. The van der Waals surface area contributed by atoms with Crippen LogP contribution < -0.4 is 4.74 Å². The first kappa shape index (κ1) is 13.1. The van der Waals surface area contributed by atoms with Gasteiger partial charge >= 0.3 is 5.97 Å². The van der Waals surface area contributed by atoms with Gasteiger partial charge in [-0.05, 0) is 42.5 Å². The van der Waals surface area contributed by atoms with Gasteiger partial charge in [-0.15, -0.1) is 0 Å². The molecule has 2 aromatic carbocycles. The van der Waals surface area contributed by atoms with Crippen LogP contribution >= 0.6 is 0 Å². The average Bonchev–Trinajstić information content (AvgIpc) is 2.89. The number of phenolic OH excluding ortho intramolecular Hbond substituents is 1. The van der Waals surface area contributed by atoms with Crippen molar-refractivity contribution in [2.45, 2.75) is 6.61 Å². The van der Waals surface area contributed by atoms with Crippen LogP contribution in [0.2, 0.25) is 0 Å². The first-order chi connectivity index (χ1) is 10.1. The summed E-state index contributed by atoms with van der Waals surface area (Å²) < 4.78 is 5.64. The van der Waals surface area contributed by atoms with E-state index in [0.29, 0.717) is 12.4 Å². The van der Waals surface area contributed by atoms with Crippen molar-refractivity contribution in [3.8, 4) is 11.5 Å². The average molecular weight is 283 g/mol. The van der Waals surface area contributed by atoms with E-state index >= 15 is 0 Å². The molecule has 1 heterocycles. The van der Waals surface area contributed by atoms with Crippen LogP contribution in [-0.2, 0) is 6.61 Å². The molecule has 5 nitrogen and oxygen atoms in total. The summed E-state index contributed by atoms with van der Waals surface area (Å²) in [5.41, 5.74) is 1.98. The number of aromatic hydroxyl groups is 1. The number of aromatic amines is 1. The Balaban J connectivity index is 1.84. The third kappa shape index (κ3) is 2.67. The molecule has 3 rings (SSSR count). The number of rotatable bonds is 4. The molecular weight excluding hydrogens is 270 g/mol. The summed E-state index contributed by atoms with van der Waals surface area (Å²) in [6.45, 7) is 0.313. The van der Waals surface area contributed by atoms with Gasteiger partial charge < -0.3 is 19.9 Å². The molecule has 21 heavy (non-hydrogen) atoms. The zero-order chi connectivity index (χ0) is 14.8. The molecule has 0 atom stereocenters. The topological polar surface area (TPSA) is 82.5 Å². The molecule has 1 aromatic heterocycles. The number of carbonyl (C=O) groups is 1. The summed E-state index contributed by atoms with van der Waals surface area (Å²) in [6.07, 6.45) is 1.80. The van der Waals surface area contributed by atoms with Crippen LogP contribution in [0.1, 0.15) is 15.9 Å². The van der Waals surface area contributed by atoms with Crippen LogP contribution in [0.15, 0.2) is 48.7 Å². The highest BCUT2D eigenvalue weighted by atomic mass is 16.5. The van der Waals surface area contributed by atoms with Gasteiger partial charge in [-0.3, -0.25) is 0 Å². The van der Waals surface area contributed by atoms with E-state index in [0.717, 1.165) is 16.5 Å². The Kier molecular flexibility index (Phi) is 3.23. The van der Waals surface area contributed by atoms with Gasteiger partial charge in [-0.1, -0.05) is 0 Å². The van der Waals surface area contributed by atoms with Crippen molar-refractivity contribution in [3.05, 3.63) is 59.8 Å². The lowest BCUT2D eigenvalue weighted by atomic mass is 10.1. The Labute approximate surface area is 120 Å². The minimum atomic E-state index is -0.955. The molecule has 0 saturated carbocycles. The van der Waals surface area contributed by atoms with Gasteiger partial charge in [0, 0.05) is 22.7 Å². The SMILES string of the molecule is O=C(O)c1ccc2[nH]cc(COc3ccc(O)cc3)c2c1. The van der Waals surface area contributed by atoms with Gasteiger partial charge in [-0.25, -0.2) is 4.79 Å². The number of aromatic nitrogens is 1. The number of H-pyrrole nitrogens is 1. The van der Waals surface area contributed by atoms with E-state index in [1.54, 1.807) is 48.7 Å². The van der Waals surface area contributed by atoms with Gasteiger partial charge in [0.2, 0.25) is 0 Å². The highest BCUT2D eigenvalue weighted by molar-refractivity contribution is 5.94. The first-order valence-electron chi connectivity index (χ1n) is 6.38. The first-order valence-corrected chi connectivity index (χ1v) is 6.38. The summed E-state index contributed by atoms with van der Waals surface area (Å²) in [6, 6.07) is 11.4. The van der Waals surface area contributed by atoms with E-state index in [-0.39, 0.29) is 11.3 Å². The van der Waals surface area contributed by atoms with Crippen LogP contribution in [0.3, 0.4) is 0 Å². The molecule has 0 saturated heterocycles. The quantitative estimate of drug-likeness (QED) is 0.687. The Morgan fingerprint density at radius 1 is 1.14 bits per heavy atom. The van der Waals surface area contributed by atoms with Crippen LogP contribution in [-0.4, -0.2) is 21.2 Å². The standard InChI is InChI=1S/C16H13NO4/c18-12-2-4-13(5-3-12)21-9-11-8-17-15-6-1-10(16(19)20)7-14(11)15/h1-8,17-18H,9H2,(H,19,20). The molecule has 3 aromatic rings. The summed E-state index contributed by atoms with van der Waals surface area (Å²) in [7, 11) is 0. The van der Waals surface area contributed by atoms with E-state index in [1.165, 1.54) is 0 Å². The monoisotopic (exact) mass is 283 g/mol. The maximum absolute atomic E-state index is 11.0. The molecule has 3 N–H and O–H groups in total. The lowest BCUT2D eigenvalue weighted by Gasteiger charge is -2.05. The van der Waals surface area contributed by atoms with Gasteiger partial charge in [0.25, 0.3) is 0 Å². The Morgan fingerprint density at radius 3 is 2.62 bits per heavy atom. The molecule has 0 spiro atoms. The second-order valence-electron chi connectivity index (χ2n) is 4.66. The van der Waals surface area contributed by atoms with Crippen molar-refractivity contribution in [1.29, 1.82) is 0 Å². The lowest BCUT2D eigenvalue weighted by molar-refractivity contribution is 0.0697. The summed E-state index contributed by atoms with van der Waals surface area (Å²) >= 11 is 0. The van der Waals surface area contributed by atoms with Gasteiger partial charge in [0.1, 0.15) is 18.1 Å². The number of phenols is 1. The van der Waals surface area contributed by atoms with Crippen molar-refractivity contribution in [2.75, 3.05) is 0 Å². The largest absolute Gasteiger partial charge is 0.508 e. The van der Waals surface area contributed by atoms with Crippen LogP contribution in [0.25, 0.3) is 10.9 Å². The number of hydrogen-bond donors (Lipinski definition) is 3. The normalized spacial score (nSPS) is 10.7. The second-order valence-corrected chi connectivity index (χ2v) is 4.66. The number of hydrogen-bond acceptors (Lipinski definition) is 3. The number of carboxylic acid groups (broad SMARTS) is 1. The Morgan fingerprint density at radius 2 is 1.90 bits per heavy atom. The van der Waals surface area contributed by atoms with Crippen LogP contribution in [0, 0.1) is 0 Å². The highest BCUT2D eigenvalue weighted by Gasteiger charge is 2.09. The summed E-state index contributed by atoms with van der Waals surface area (Å²) in [5.74, 6) is -0.138. The van der Waals surface area contributed by atoms with E-state index in [9.17, 15) is 9.90 Å². The van der Waals surface area contributed by atoms with E-state index in [1.807, 2.05) is 0 Å². The molecule has 0 aliphatic rings. The van der Waals surface area contributed by atoms with Crippen molar-refractivity contribution < 1.29 is 19.7 Å². The highest BCUT2D eigenvalue weighted by Crippen LogP contribution is 2.22. The van der Waals surface area contributed by atoms with Crippen molar-refractivity contribution >= 4 is 16.9 Å². The molecule has 0 amide bonds. The fourth-order valence-corrected chi connectivity index (χ4v) is 2.13. The van der Waals surface area contributed by atoms with Gasteiger partial charge in [0.05, 0.1) is 5.56 Å². The zero-order valence-electron chi connectivity index (χ0n) is 11.0. The third-order valence-electron chi connectivity index (χ3n) is 3.25. The predicted octanol–water partition coefficient (Wildman–Crippen LogP) is 3.15. The minimum absolute atomic E-state index is 0.181. The zero-order valence-corrected chi connectivity index (χ0v) is 11.0. The van der Waals surface area contributed by atoms with Crippen molar-refractivity contribution in [1.82, 2.24) is 4.98 Å². The smallest absolute Gasteiger partial charge is 0.335 e. The summed E-state index contributed by atoms with van der Waals surface area (Å²) in [4.78, 5) is 14.1. The predicted molar refractivity (Wildman–Crippen MR) is 77.7 cm³/mol.